The minimum Gasteiger partial charge on any atom is -0.451 e. The molecule has 168 valence electrons. The van der Waals surface area contributed by atoms with Crippen molar-refractivity contribution in [3.05, 3.63) is 58.2 Å². The zero-order valence-corrected chi connectivity index (χ0v) is 17.3. The van der Waals surface area contributed by atoms with Crippen molar-refractivity contribution in [2.75, 3.05) is 26.3 Å². The number of non-ortho nitro benzene ring substituents is 1. The number of carbonyl (C=O) groups excluding carboxylic acids is 1. The first-order valence-corrected chi connectivity index (χ1v) is 10.8. The van der Waals surface area contributed by atoms with Gasteiger partial charge >= 0.3 is 5.97 Å². The molecule has 0 aliphatic carbocycles. The largest absolute Gasteiger partial charge is 0.451 e. The third-order valence-corrected chi connectivity index (χ3v) is 6.48. The number of H-pyrrole nitrogens is 1. The number of ether oxygens (including phenoxy) is 2. The van der Waals surface area contributed by atoms with Crippen molar-refractivity contribution in [2.24, 2.45) is 0 Å². The Balaban J connectivity index is 1.38. The molecule has 1 aliphatic heterocycles. The van der Waals surface area contributed by atoms with Gasteiger partial charge in [0.15, 0.2) is 6.61 Å². The summed E-state index contributed by atoms with van der Waals surface area (Å²) in [7, 11) is -3.75. The summed E-state index contributed by atoms with van der Waals surface area (Å²) in [5, 5.41) is 18.3. The highest BCUT2D eigenvalue weighted by atomic mass is 32.2. The van der Waals surface area contributed by atoms with E-state index in [9.17, 15) is 23.3 Å². The summed E-state index contributed by atoms with van der Waals surface area (Å²) >= 11 is 0. The Morgan fingerprint density at radius 2 is 1.94 bits per heavy atom. The molecule has 1 N–H and O–H groups in total. The van der Waals surface area contributed by atoms with Crippen molar-refractivity contribution in [1.82, 2.24) is 19.5 Å². The standard InChI is InChI=1S/C18H17N5O8S/c24-18(15-9-14(10-19-15)32(27,28)22-5-7-29-8-6-22)30-11-16-20-21-17(31-16)12-1-3-13(4-2-12)23(25)26/h1-4,9-10,19H,5-8,11H2. The molecule has 1 fully saturated rings. The van der Waals surface area contributed by atoms with E-state index >= 15 is 0 Å². The maximum absolute atomic E-state index is 12.6. The van der Waals surface area contributed by atoms with E-state index < -0.39 is 20.9 Å². The second-order valence-corrected chi connectivity index (χ2v) is 8.58. The van der Waals surface area contributed by atoms with E-state index in [1.165, 1.54) is 40.8 Å². The molecule has 32 heavy (non-hydrogen) atoms. The Morgan fingerprint density at radius 1 is 1.22 bits per heavy atom. The monoisotopic (exact) mass is 463 g/mol. The van der Waals surface area contributed by atoms with Crippen LogP contribution in [-0.2, 0) is 26.1 Å². The smallest absolute Gasteiger partial charge is 0.355 e. The zero-order chi connectivity index (χ0) is 22.7. The molecule has 1 aliphatic rings. The van der Waals surface area contributed by atoms with Gasteiger partial charge in [0.25, 0.3) is 11.6 Å². The molecule has 0 saturated carbocycles. The lowest BCUT2D eigenvalue weighted by Crippen LogP contribution is -2.40. The van der Waals surface area contributed by atoms with E-state index in [-0.39, 0.29) is 47.8 Å². The van der Waals surface area contributed by atoms with Crippen LogP contribution in [0.1, 0.15) is 16.4 Å². The molecule has 2 aromatic heterocycles. The highest BCUT2D eigenvalue weighted by molar-refractivity contribution is 7.89. The SMILES string of the molecule is O=C(OCc1nnc(-c2ccc([N+](=O)[O-])cc2)o1)c1cc(S(=O)(=O)N2CCOCC2)c[nH]1. The first-order chi connectivity index (χ1) is 15.3. The summed E-state index contributed by atoms with van der Waals surface area (Å²) in [6.45, 7) is 0.752. The number of nitro groups is 1. The molecule has 3 heterocycles. The van der Waals surface area contributed by atoms with Gasteiger partial charge in [-0.3, -0.25) is 10.1 Å². The van der Waals surface area contributed by atoms with Crippen molar-refractivity contribution in [2.45, 2.75) is 11.5 Å². The molecule has 0 unspecified atom stereocenters. The highest BCUT2D eigenvalue weighted by Crippen LogP contribution is 2.22. The molecule has 0 atom stereocenters. The van der Waals surface area contributed by atoms with Gasteiger partial charge < -0.3 is 18.9 Å². The van der Waals surface area contributed by atoms with Gasteiger partial charge in [-0.15, -0.1) is 10.2 Å². The zero-order valence-electron chi connectivity index (χ0n) is 16.5. The molecular formula is C18H17N5O8S. The predicted molar refractivity (Wildman–Crippen MR) is 106 cm³/mol. The molecule has 14 heteroatoms. The quantitative estimate of drug-likeness (QED) is 0.306. The number of benzene rings is 1. The van der Waals surface area contributed by atoms with Crippen LogP contribution in [0.2, 0.25) is 0 Å². The maximum atomic E-state index is 12.6. The average molecular weight is 463 g/mol. The van der Waals surface area contributed by atoms with E-state index in [1.807, 2.05) is 0 Å². The van der Waals surface area contributed by atoms with Gasteiger partial charge in [0.1, 0.15) is 10.6 Å². The fourth-order valence-electron chi connectivity index (χ4n) is 2.94. The van der Waals surface area contributed by atoms with Crippen molar-refractivity contribution in [3.63, 3.8) is 0 Å². The minimum absolute atomic E-state index is 0.000536. The van der Waals surface area contributed by atoms with Crippen LogP contribution in [0.5, 0.6) is 0 Å². The first-order valence-electron chi connectivity index (χ1n) is 9.35. The van der Waals surface area contributed by atoms with E-state index in [1.54, 1.807) is 0 Å². The number of esters is 1. The van der Waals surface area contributed by atoms with Crippen molar-refractivity contribution < 1.29 is 32.0 Å². The molecule has 0 amide bonds. The fourth-order valence-corrected chi connectivity index (χ4v) is 4.34. The summed E-state index contributed by atoms with van der Waals surface area (Å²) < 4.78 is 42.2. The number of morpholine rings is 1. The molecule has 3 aromatic rings. The number of rotatable bonds is 7. The van der Waals surface area contributed by atoms with Crippen LogP contribution >= 0.6 is 0 Å². The number of hydrogen-bond donors (Lipinski definition) is 1. The average Bonchev–Trinajstić information content (AvgIpc) is 3.49. The number of nitrogens with one attached hydrogen (secondary N) is 1. The highest BCUT2D eigenvalue weighted by Gasteiger charge is 2.28. The molecule has 13 nitrogen and oxygen atoms in total. The third-order valence-electron chi connectivity index (χ3n) is 4.60. The van der Waals surface area contributed by atoms with Crippen molar-refractivity contribution in [3.8, 4) is 11.5 Å². The van der Waals surface area contributed by atoms with Crippen LogP contribution < -0.4 is 0 Å². The Labute approximate surface area is 181 Å². The van der Waals surface area contributed by atoms with Crippen LogP contribution in [0, 0.1) is 10.1 Å². The minimum atomic E-state index is -3.75. The normalized spacial score (nSPS) is 14.9. The van der Waals surface area contributed by atoms with E-state index in [2.05, 4.69) is 15.2 Å². The van der Waals surface area contributed by atoms with Gasteiger partial charge in [-0.05, 0) is 18.2 Å². The molecule has 0 spiro atoms. The molecule has 1 aromatic carbocycles. The Hall–Kier alpha value is -3.62. The molecule has 0 radical (unpaired) electrons. The van der Waals surface area contributed by atoms with E-state index in [0.29, 0.717) is 18.8 Å². The van der Waals surface area contributed by atoms with Crippen LogP contribution in [0.15, 0.2) is 45.8 Å². The first kappa shape index (κ1) is 21.6. The maximum Gasteiger partial charge on any atom is 0.355 e. The van der Waals surface area contributed by atoms with Gasteiger partial charge in [0.05, 0.1) is 18.1 Å². The Kier molecular flexibility index (Phi) is 5.98. The topological polar surface area (TPSA) is 171 Å². The van der Waals surface area contributed by atoms with Gasteiger partial charge in [0, 0.05) is 37.0 Å². The number of hydrogen-bond acceptors (Lipinski definition) is 10. The number of sulfonamides is 1. The number of nitrogens with zero attached hydrogens (tertiary/aromatic N) is 4. The summed E-state index contributed by atoms with van der Waals surface area (Å²) in [6, 6.07) is 6.71. The Morgan fingerprint density at radius 3 is 2.62 bits per heavy atom. The number of nitro benzene ring substituents is 1. The summed E-state index contributed by atoms with van der Waals surface area (Å²) in [5.74, 6) is -0.701. The summed E-state index contributed by atoms with van der Waals surface area (Å²) in [5.41, 5.74) is 0.332. The Bertz CT molecular complexity index is 1230. The molecule has 1 saturated heterocycles. The second-order valence-electron chi connectivity index (χ2n) is 6.65. The summed E-state index contributed by atoms with van der Waals surface area (Å²) in [4.78, 5) is 25.0. The third kappa shape index (κ3) is 4.51. The van der Waals surface area contributed by atoms with Gasteiger partial charge in [-0.25, -0.2) is 13.2 Å². The van der Waals surface area contributed by atoms with Gasteiger partial charge in [0.2, 0.25) is 15.9 Å². The number of carbonyl (C=O) groups is 1. The lowest BCUT2D eigenvalue weighted by Gasteiger charge is -2.25. The number of aromatic amines is 1. The van der Waals surface area contributed by atoms with Crippen LogP contribution in [0.25, 0.3) is 11.5 Å². The summed E-state index contributed by atoms with van der Waals surface area (Å²) in [6.07, 6.45) is 1.22. The van der Waals surface area contributed by atoms with Crippen molar-refractivity contribution >= 4 is 21.7 Å². The molecular weight excluding hydrogens is 446 g/mol. The number of aromatic nitrogens is 3. The van der Waals surface area contributed by atoms with Crippen LogP contribution in [-0.4, -0.2) is 65.1 Å². The predicted octanol–water partition coefficient (Wildman–Crippen LogP) is 1.35. The lowest BCUT2D eigenvalue weighted by atomic mass is 10.2. The van der Waals surface area contributed by atoms with Crippen molar-refractivity contribution in [1.29, 1.82) is 0 Å². The molecule has 0 bridgehead atoms. The van der Waals surface area contributed by atoms with E-state index in [0.717, 1.165) is 0 Å². The fraction of sp³-hybridized carbons (Fsp3) is 0.278. The molecule has 4 rings (SSSR count). The van der Waals surface area contributed by atoms with Crippen LogP contribution in [0.4, 0.5) is 5.69 Å². The van der Waals surface area contributed by atoms with Crippen LogP contribution in [0.3, 0.4) is 0 Å². The van der Waals surface area contributed by atoms with Gasteiger partial charge in [-0.1, -0.05) is 0 Å². The lowest BCUT2D eigenvalue weighted by molar-refractivity contribution is -0.384. The second kappa shape index (κ2) is 8.86. The van der Waals surface area contributed by atoms with E-state index in [4.69, 9.17) is 13.9 Å². The van der Waals surface area contributed by atoms with Gasteiger partial charge in [-0.2, -0.15) is 4.31 Å².